The number of aromatic amines is 1. The zero-order chi connectivity index (χ0) is 6.91. The number of alkyl halides is 3. The van der Waals surface area contributed by atoms with Gasteiger partial charge in [-0.15, -0.1) is 10.2 Å². The molecule has 0 spiro atoms. The van der Waals surface area contributed by atoms with Crippen molar-refractivity contribution >= 4 is 47.8 Å². The molecule has 0 unspecified atom stereocenters. The van der Waals surface area contributed by atoms with Crippen LogP contribution in [0.15, 0.2) is 0 Å². The maximum atomic E-state index is 3.70. The molecule has 0 aromatic carbocycles. The van der Waals surface area contributed by atoms with Crippen LogP contribution in [-0.4, -0.2) is 20.6 Å². The van der Waals surface area contributed by atoms with Crippen LogP contribution in [0.1, 0.15) is 5.82 Å². The van der Waals surface area contributed by atoms with Crippen molar-refractivity contribution in [3.05, 3.63) is 5.82 Å². The van der Waals surface area contributed by atoms with Crippen molar-refractivity contribution < 1.29 is 0 Å². The fourth-order valence-electron chi connectivity index (χ4n) is 0.282. The first-order valence-corrected chi connectivity index (χ1v) is 4.29. The van der Waals surface area contributed by atoms with E-state index < -0.39 is 2.14 Å². The highest BCUT2D eigenvalue weighted by Crippen LogP contribution is 2.41. The minimum absolute atomic E-state index is 0.502. The Kier molecular flexibility index (Phi) is 2.23. The molecule has 0 amide bonds. The normalized spacial score (nSPS) is 11.9. The third-order valence-corrected chi connectivity index (χ3v) is 1.66. The van der Waals surface area contributed by atoms with Crippen molar-refractivity contribution in [1.29, 1.82) is 0 Å². The molecular formula is C2HBr3N4. The van der Waals surface area contributed by atoms with Crippen LogP contribution in [0, 0.1) is 0 Å². The Hall–Kier alpha value is 0.510. The second-order valence-electron chi connectivity index (χ2n) is 1.23. The van der Waals surface area contributed by atoms with Crippen LogP contribution in [0.2, 0.25) is 0 Å². The summed E-state index contributed by atoms with van der Waals surface area (Å²) in [5.74, 6) is 0.502. The molecule has 1 rings (SSSR count). The number of H-pyrrole nitrogens is 1. The van der Waals surface area contributed by atoms with Gasteiger partial charge in [-0.05, 0) is 0 Å². The molecule has 0 radical (unpaired) electrons. The van der Waals surface area contributed by atoms with Gasteiger partial charge in [-0.3, -0.25) is 0 Å². The first-order chi connectivity index (χ1) is 4.11. The predicted octanol–water partition coefficient (Wildman–Crippen LogP) is 1.49. The van der Waals surface area contributed by atoms with Gasteiger partial charge < -0.3 is 0 Å². The highest BCUT2D eigenvalue weighted by Gasteiger charge is 2.25. The van der Waals surface area contributed by atoms with Crippen molar-refractivity contribution in [3.63, 3.8) is 0 Å². The highest BCUT2D eigenvalue weighted by atomic mass is 80.0. The number of halogens is 3. The summed E-state index contributed by atoms with van der Waals surface area (Å²) < 4.78 is -0.556. The van der Waals surface area contributed by atoms with Crippen molar-refractivity contribution in [2.75, 3.05) is 0 Å². The number of hydrogen-bond acceptors (Lipinski definition) is 3. The lowest BCUT2D eigenvalue weighted by Crippen LogP contribution is -2.00. The lowest BCUT2D eigenvalue weighted by molar-refractivity contribution is 0.881. The summed E-state index contributed by atoms with van der Waals surface area (Å²) in [4.78, 5) is 0. The fourth-order valence-corrected chi connectivity index (χ4v) is 0.786. The zero-order valence-electron chi connectivity index (χ0n) is 3.98. The van der Waals surface area contributed by atoms with Crippen LogP contribution in [-0.2, 0) is 2.14 Å². The van der Waals surface area contributed by atoms with E-state index in [0.717, 1.165) is 0 Å². The molecule has 0 aliphatic carbocycles. The van der Waals surface area contributed by atoms with Gasteiger partial charge in [0.05, 0.1) is 0 Å². The van der Waals surface area contributed by atoms with E-state index in [9.17, 15) is 0 Å². The lowest BCUT2D eigenvalue weighted by atomic mass is 10.8. The van der Waals surface area contributed by atoms with E-state index in [1.54, 1.807) is 0 Å². The maximum Gasteiger partial charge on any atom is 0.212 e. The van der Waals surface area contributed by atoms with E-state index in [2.05, 4.69) is 68.4 Å². The minimum Gasteiger partial charge on any atom is -0.177 e. The minimum atomic E-state index is -0.556. The molecule has 1 aromatic rings. The van der Waals surface area contributed by atoms with Gasteiger partial charge in [0.1, 0.15) is 0 Å². The predicted molar refractivity (Wildman–Crippen MR) is 42.6 cm³/mol. The molecule has 0 saturated carbocycles. The van der Waals surface area contributed by atoms with Crippen molar-refractivity contribution in [2.45, 2.75) is 2.14 Å². The maximum absolute atomic E-state index is 3.70. The number of hydrogen-bond donors (Lipinski definition) is 1. The van der Waals surface area contributed by atoms with E-state index in [-0.39, 0.29) is 0 Å². The summed E-state index contributed by atoms with van der Waals surface area (Å²) in [6.07, 6.45) is 0. The molecular weight excluding hydrogens is 320 g/mol. The molecule has 1 heterocycles. The molecule has 0 bridgehead atoms. The lowest BCUT2D eigenvalue weighted by Gasteiger charge is -2.02. The van der Waals surface area contributed by atoms with Gasteiger partial charge in [0.15, 0.2) is 2.14 Å². The molecule has 0 fully saturated rings. The van der Waals surface area contributed by atoms with Gasteiger partial charge in [-0.1, -0.05) is 53.0 Å². The quantitative estimate of drug-likeness (QED) is 0.737. The Morgan fingerprint density at radius 1 is 1.33 bits per heavy atom. The third kappa shape index (κ3) is 1.98. The van der Waals surface area contributed by atoms with Gasteiger partial charge in [0.2, 0.25) is 5.82 Å². The van der Waals surface area contributed by atoms with Gasteiger partial charge in [0, 0.05) is 0 Å². The Morgan fingerprint density at radius 3 is 2.22 bits per heavy atom. The Balaban J connectivity index is 2.90. The Labute approximate surface area is 76.2 Å². The van der Waals surface area contributed by atoms with Crippen LogP contribution < -0.4 is 0 Å². The zero-order valence-corrected chi connectivity index (χ0v) is 8.73. The summed E-state index contributed by atoms with van der Waals surface area (Å²) in [6, 6.07) is 0. The molecule has 0 aliphatic rings. The van der Waals surface area contributed by atoms with Crippen molar-refractivity contribution in [1.82, 2.24) is 20.6 Å². The van der Waals surface area contributed by atoms with E-state index >= 15 is 0 Å². The summed E-state index contributed by atoms with van der Waals surface area (Å²) in [5.41, 5.74) is 0. The summed E-state index contributed by atoms with van der Waals surface area (Å²) in [7, 11) is 0. The van der Waals surface area contributed by atoms with Crippen LogP contribution in [0.3, 0.4) is 0 Å². The number of nitrogens with one attached hydrogen (secondary N) is 1. The monoisotopic (exact) mass is 318 g/mol. The van der Waals surface area contributed by atoms with Gasteiger partial charge in [-0.25, -0.2) is 0 Å². The molecule has 0 atom stereocenters. The molecule has 0 saturated heterocycles. The molecule has 7 heteroatoms. The van der Waals surface area contributed by atoms with Gasteiger partial charge in [-0.2, -0.15) is 5.21 Å². The average Bonchev–Trinajstić information content (AvgIpc) is 2.08. The topological polar surface area (TPSA) is 54.5 Å². The summed E-state index contributed by atoms with van der Waals surface area (Å²) in [5, 5.41) is 13.1. The molecule has 50 valence electrons. The smallest absolute Gasteiger partial charge is 0.177 e. The Morgan fingerprint density at radius 2 is 2.00 bits per heavy atom. The largest absolute Gasteiger partial charge is 0.212 e. The first kappa shape index (κ1) is 7.62. The van der Waals surface area contributed by atoms with E-state index in [1.807, 2.05) is 0 Å². The molecule has 0 aliphatic heterocycles. The number of rotatable bonds is 0. The highest BCUT2D eigenvalue weighted by molar-refractivity contribution is 9.38. The van der Waals surface area contributed by atoms with Crippen LogP contribution >= 0.6 is 47.8 Å². The molecule has 1 aromatic heterocycles. The first-order valence-electron chi connectivity index (χ1n) is 1.91. The van der Waals surface area contributed by atoms with Gasteiger partial charge >= 0.3 is 0 Å². The number of tetrazole rings is 1. The second kappa shape index (κ2) is 2.63. The molecule has 9 heavy (non-hydrogen) atoms. The van der Waals surface area contributed by atoms with Crippen LogP contribution in [0.4, 0.5) is 0 Å². The number of aromatic nitrogens is 4. The summed E-state index contributed by atoms with van der Waals surface area (Å²) in [6.45, 7) is 0. The van der Waals surface area contributed by atoms with Crippen LogP contribution in [0.5, 0.6) is 0 Å². The van der Waals surface area contributed by atoms with Crippen molar-refractivity contribution in [3.8, 4) is 0 Å². The average molecular weight is 321 g/mol. The second-order valence-corrected chi connectivity index (χ2v) is 7.99. The summed E-state index contributed by atoms with van der Waals surface area (Å²) >= 11 is 9.64. The SMILES string of the molecule is BrC(Br)(Br)c1nn[nH]n1. The third-order valence-electron chi connectivity index (χ3n) is 0.599. The van der Waals surface area contributed by atoms with Crippen molar-refractivity contribution in [2.24, 2.45) is 0 Å². The fraction of sp³-hybridized carbons (Fsp3) is 0.500. The number of nitrogens with zero attached hydrogens (tertiary/aromatic N) is 3. The van der Waals surface area contributed by atoms with Gasteiger partial charge in [0.25, 0.3) is 0 Å². The Bertz CT molecular complexity index is 176. The molecule has 1 N–H and O–H groups in total. The van der Waals surface area contributed by atoms with E-state index in [1.165, 1.54) is 0 Å². The van der Waals surface area contributed by atoms with Crippen LogP contribution in [0.25, 0.3) is 0 Å². The van der Waals surface area contributed by atoms with E-state index in [0.29, 0.717) is 5.82 Å². The molecule has 4 nitrogen and oxygen atoms in total. The standard InChI is InChI=1S/C2HBr3N4/c3-2(4,5)1-6-8-9-7-1/h(H,6,7,8,9). The van der Waals surface area contributed by atoms with E-state index in [4.69, 9.17) is 0 Å².